The number of hydrogen-bond acceptors (Lipinski definition) is 4. The Morgan fingerprint density at radius 1 is 1.23 bits per heavy atom. The Bertz CT molecular complexity index is 505. The molecule has 0 atom stereocenters. The molecule has 2 aliphatic heterocycles. The summed E-state index contributed by atoms with van der Waals surface area (Å²) in [6.07, 6.45) is 1.77. The highest BCUT2D eigenvalue weighted by atomic mass is 16.7. The highest BCUT2D eigenvalue weighted by molar-refractivity contribution is 5.97. The first-order chi connectivity index (χ1) is 10.8. The van der Waals surface area contributed by atoms with Gasteiger partial charge in [0.05, 0.1) is 25.4 Å². The lowest BCUT2D eigenvalue weighted by Gasteiger charge is -2.34. The van der Waals surface area contributed by atoms with Gasteiger partial charge < -0.3 is 19.1 Å². The first-order valence-electron chi connectivity index (χ1n) is 8.04. The molecule has 0 radical (unpaired) electrons. The van der Waals surface area contributed by atoms with Gasteiger partial charge >= 0.3 is 0 Å². The van der Waals surface area contributed by atoms with Gasteiger partial charge in [-0.2, -0.15) is 0 Å². The molecule has 3 rings (SSSR count). The summed E-state index contributed by atoms with van der Waals surface area (Å²) < 4.78 is 16.7. The molecule has 0 aliphatic carbocycles. The third-order valence-corrected chi connectivity index (χ3v) is 4.28. The van der Waals surface area contributed by atoms with Crippen molar-refractivity contribution in [2.75, 3.05) is 32.9 Å². The zero-order valence-corrected chi connectivity index (χ0v) is 13.0. The maximum absolute atomic E-state index is 12.7. The highest BCUT2D eigenvalue weighted by Crippen LogP contribution is 2.28. The summed E-state index contributed by atoms with van der Waals surface area (Å²) in [5.74, 6) is 1.11. The van der Waals surface area contributed by atoms with Crippen LogP contribution in [0.1, 0.15) is 30.1 Å². The van der Waals surface area contributed by atoms with E-state index in [1.54, 1.807) is 0 Å². The van der Waals surface area contributed by atoms with Crippen LogP contribution in [0.15, 0.2) is 24.3 Å². The van der Waals surface area contributed by atoms with Crippen LogP contribution in [0.25, 0.3) is 0 Å². The van der Waals surface area contributed by atoms with Crippen LogP contribution >= 0.6 is 0 Å². The van der Waals surface area contributed by atoms with Crippen molar-refractivity contribution >= 4 is 5.91 Å². The Morgan fingerprint density at radius 2 is 1.91 bits per heavy atom. The molecule has 2 heterocycles. The lowest BCUT2D eigenvalue weighted by molar-refractivity contribution is -0.0956. The van der Waals surface area contributed by atoms with E-state index in [9.17, 15) is 4.79 Å². The van der Waals surface area contributed by atoms with Crippen LogP contribution in [0.3, 0.4) is 0 Å². The lowest BCUT2D eigenvalue weighted by atomic mass is 9.95. The molecular weight excluding hydrogens is 282 g/mol. The first kappa shape index (κ1) is 15.3. The van der Waals surface area contributed by atoms with E-state index in [0.29, 0.717) is 37.1 Å². The first-order valence-corrected chi connectivity index (χ1v) is 8.04. The summed E-state index contributed by atoms with van der Waals surface area (Å²) in [6.45, 7) is 5.34. The zero-order valence-electron chi connectivity index (χ0n) is 13.0. The monoisotopic (exact) mass is 305 g/mol. The SMILES string of the molecule is CCOc1ccccc1C(=O)N1CCC(C2OCCO2)CC1. The number of ether oxygens (including phenoxy) is 3. The average Bonchev–Trinajstić information content (AvgIpc) is 3.10. The number of carbonyl (C=O) groups excluding carboxylic acids is 1. The fourth-order valence-electron chi connectivity index (χ4n) is 3.12. The van der Waals surface area contributed by atoms with Gasteiger partial charge in [-0.1, -0.05) is 12.1 Å². The number of likely N-dealkylation sites (tertiary alicyclic amines) is 1. The molecule has 5 heteroatoms. The zero-order chi connectivity index (χ0) is 15.4. The van der Waals surface area contributed by atoms with Crippen LogP contribution in [0.5, 0.6) is 5.75 Å². The van der Waals surface area contributed by atoms with E-state index >= 15 is 0 Å². The van der Waals surface area contributed by atoms with Crippen LogP contribution in [-0.4, -0.2) is 50.0 Å². The summed E-state index contributed by atoms with van der Waals surface area (Å²) in [7, 11) is 0. The van der Waals surface area contributed by atoms with E-state index in [1.165, 1.54) is 0 Å². The molecule has 120 valence electrons. The van der Waals surface area contributed by atoms with Gasteiger partial charge in [-0.15, -0.1) is 0 Å². The van der Waals surface area contributed by atoms with Crippen molar-refractivity contribution in [1.29, 1.82) is 0 Å². The molecule has 0 saturated carbocycles. The van der Waals surface area contributed by atoms with Crippen molar-refractivity contribution in [3.05, 3.63) is 29.8 Å². The van der Waals surface area contributed by atoms with Crippen LogP contribution in [0.2, 0.25) is 0 Å². The summed E-state index contributed by atoms with van der Waals surface area (Å²) in [5, 5.41) is 0. The quantitative estimate of drug-likeness (QED) is 0.856. The number of benzene rings is 1. The van der Waals surface area contributed by atoms with Gasteiger partial charge in [0, 0.05) is 19.0 Å². The summed E-state index contributed by atoms with van der Waals surface area (Å²) in [5.41, 5.74) is 0.649. The normalized spacial score (nSPS) is 20.3. The Hall–Kier alpha value is -1.59. The number of piperidine rings is 1. The molecule has 1 amide bonds. The Kier molecular flexibility index (Phi) is 4.95. The van der Waals surface area contributed by atoms with Gasteiger partial charge in [0.25, 0.3) is 5.91 Å². The maximum atomic E-state index is 12.7. The van der Waals surface area contributed by atoms with Crippen molar-refractivity contribution in [3.8, 4) is 5.75 Å². The number of amides is 1. The summed E-state index contributed by atoms with van der Waals surface area (Å²) >= 11 is 0. The summed E-state index contributed by atoms with van der Waals surface area (Å²) in [4.78, 5) is 14.6. The van der Waals surface area contributed by atoms with Crippen LogP contribution < -0.4 is 4.74 Å². The van der Waals surface area contributed by atoms with Crippen molar-refractivity contribution < 1.29 is 19.0 Å². The second-order valence-corrected chi connectivity index (χ2v) is 5.67. The number of carbonyl (C=O) groups is 1. The average molecular weight is 305 g/mol. The van der Waals surface area contributed by atoms with E-state index in [-0.39, 0.29) is 12.2 Å². The third kappa shape index (κ3) is 3.25. The molecular formula is C17H23NO4. The third-order valence-electron chi connectivity index (χ3n) is 4.28. The standard InChI is InChI=1S/C17H23NO4/c1-2-20-15-6-4-3-5-14(15)16(19)18-9-7-13(8-10-18)17-21-11-12-22-17/h3-6,13,17H,2,7-12H2,1H3. The van der Waals surface area contributed by atoms with Gasteiger partial charge in [-0.3, -0.25) is 4.79 Å². The molecule has 22 heavy (non-hydrogen) atoms. The van der Waals surface area contributed by atoms with E-state index in [1.807, 2.05) is 36.1 Å². The number of hydrogen-bond donors (Lipinski definition) is 0. The molecule has 0 aromatic heterocycles. The van der Waals surface area contributed by atoms with E-state index < -0.39 is 0 Å². The molecule has 0 bridgehead atoms. The van der Waals surface area contributed by atoms with Gasteiger partial charge in [-0.05, 0) is 31.9 Å². The van der Waals surface area contributed by atoms with Gasteiger partial charge in [0.1, 0.15) is 5.75 Å². The minimum absolute atomic E-state index is 0.0516. The van der Waals surface area contributed by atoms with Crippen molar-refractivity contribution in [3.63, 3.8) is 0 Å². The van der Waals surface area contributed by atoms with E-state index in [4.69, 9.17) is 14.2 Å². The second-order valence-electron chi connectivity index (χ2n) is 5.67. The summed E-state index contributed by atoms with van der Waals surface area (Å²) in [6, 6.07) is 7.46. The minimum Gasteiger partial charge on any atom is -0.493 e. The van der Waals surface area contributed by atoms with Crippen molar-refractivity contribution in [2.24, 2.45) is 5.92 Å². The maximum Gasteiger partial charge on any atom is 0.257 e. The minimum atomic E-state index is -0.0760. The number of para-hydroxylation sites is 1. The molecule has 5 nitrogen and oxygen atoms in total. The Morgan fingerprint density at radius 3 is 2.59 bits per heavy atom. The predicted octanol–water partition coefficient (Wildman–Crippen LogP) is 2.31. The van der Waals surface area contributed by atoms with Gasteiger partial charge in [0.2, 0.25) is 0 Å². The topological polar surface area (TPSA) is 48.0 Å². The Labute approximate surface area is 131 Å². The van der Waals surface area contributed by atoms with Crippen LogP contribution in [-0.2, 0) is 9.47 Å². The highest BCUT2D eigenvalue weighted by Gasteiger charge is 2.32. The molecule has 2 fully saturated rings. The van der Waals surface area contributed by atoms with E-state index in [2.05, 4.69) is 0 Å². The molecule has 1 aromatic carbocycles. The second kappa shape index (κ2) is 7.11. The molecule has 0 spiro atoms. The molecule has 0 unspecified atom stereocenters. The largest absolute Gasteiger partial charge is 0.493 e. The van der Waals surface area contributed by atoms with Gasteiger partial charge in [-0.25, -0.2) is 0 Å². The number of nitrogens with zero attached hydrogens (tertiary/aromatic N) is 1. The number of rotatable bonds is 4. The van der Waals surface area contributed by atoms with Crippen molar-refractivity contribution in [1.82, 2.24) is 4.90 Å². The lowest BCUT2D eigenvalue weighted by Crippen LogP contribution is -2.41. The molecule has 0 N–H and O–H groups in total. The fourth-order valence-corrected chi connectivity index (χ4v) is 3.12. The van der Waals surface area contributed by atoms with E-state index in [0.717, 1.165) is 25.9 Å². The Balaban J connectivity index is 1.62. The molecule has 2 saturated heterocycles. The fraction of sp³-hybridized carbons (Fsp3) is 0.588. The predicted molar refractivity (Wildman–Crippen MR) is 81.9 cm³/mol. The van der Waals surface area contributed by atoms with Crippen LogP contribution in [0, 0.1) is 5.92 Å². The smallest absolute Gasteiger partial charge is 0.257 e. The van der Waals surface area contributed by atoms with Crippen LogP contribution in [0.4, 0.5) is 0 Å². The van der Waals surface area contributed by atoms with Gasteiger partial charge in [0.15, 0.2) is 6.29 Å². The van der Waals surface area contributed by atoms with Crippen molar-refractivity contribution in [2.45, 2.75) is 26.1 Å². The molecule has 2 aliphatic rings. The molecule has 1 aromatic rings.